The molecule has 1 N–H and O–H groups in total. The van der Waals surface area contributed by atoms with Gasteiger partial charge in [-0.15, -0.1) is 0 Å². The summed E-state index contributed by atoms with van der Waals surface area (Å²) in [6.45, 7) is 0.829. The molecule has 1 atom stereocenters. The quantitative estimate of drug-likeness (QED) is 0.779. The van der Waals surface area contributed by atoms with Crippen LogP contribution in [0.5, 0.6) is 0 Å². The van der Waals surface area contributed by atoms with Crippen molar-refractivity contribution in [1.29, 1.82) is 0 Å². The molecule has 0 spiro atoms. The molecule has 24 heavy (non-hydrogen) atoms. The number of hydrogen-bond donors (Lipinski definition) is 1. The number of hydrogen-bond acceptors (Lipinski definition) is 3. The molecule has 2 aromatic heterocycles. The van der Waals surface area contributed by atoms with Gasteiger partial charge in [-0.2, -0.15) is 5.10 Å². The minimum Gasteiger partial charge on any atom is -0.306 e. The molecule has 4 nitrogen and oxygen atoms in total. The molecule has 0 aliphatic heterocycles. The van der Waals surface area contributed by atoms with E-state index in [2.05, 4.69) is 27.5 Å². The number of halogens is 1. The summed E-state index contributed by atoms with van der Waals surface area (Å²) in [6, 6.07) is 14.3. The lowest BCUT2D eigenvalue weighted by Gasteiger charge is -2.24. The normalized spacial score (nSPS) is 16.8. The van der Waals surface area contributed by atoms with E-state index in [1.54, 1.807) is 0 Å². The molecule has 1 aliphatic carbocycles. The van der Waals surface area contributed by atoms with Crippen LogP contribution in [0.3, 0.4) is 0 Å². The Morgan fingerprint density at radius 2 is 2.04 bits per heavy atom. The predicted molar refractivity (Wildman–Crippen MR) is 95.3 cm³/mol. The highest BCUT2D eigenvalue weighted by atomic mass is 35.5. The van der Waals surface area contributed by atoms with Gasteiger partial charge in [0.15, 0.2) is 5.82 Å². The van der Waals surface area contributed by atoms with Gasteiger partial charge in [0.05, 0.1) is 11.9 Å². The van der Waals surface area contributed by atoms with Gasteiger partial charge in [-0.25, -0.2) is 9.67 Å². The van der Waals surface area contributed by atoms with E-state index >= 15 is 0 Å². The van der Waals surface area contributed by atoms with Crippen molar-refractivity contribution in [2.24, 2.45) is 0 Å². The van der Waals surface area contributed by atoms with Crippen molar-refractivity contribution in [1.82, 2.24) is 20.1 Å². The molecule has 0 fully saturated rings. The first-order valence-corrected chi connectivity index (χ1v) is 8.65. The maximum atomic E-state index is 5.95. The number of pyridine rings is 1. The van der Waals surface area contributed by atoms with Crippen molar-refractivity contribution >= 4 is 11.6 Å². The van der Waals surface area contributed by atoms with E-state index in [4.69, 9.17) is 11.6 Å². The Bertz CT molecular complexity index is 811. The summed E-state index contributed by atoms with van der Waals surface area (Å²) in [6.07, 6.45) is 7.13. The van der Waals surface area contributed by atoms with Gasteiger partial charge < -0.3 is 5.32 Å². The molecule has 3 aromatic rings. The zero-order chi connectivity index (χ0) is 16.4. The molecule has 4 rings (SSSR count). The molecule has 5 heteroatoms. The molecular formula is C19H19ClN4. The monoisotopic (exact) mass is 338 g/mol. The van der Waals surface area contributed by atoms with Crippen LogP contribution in [-0.4, -0.2) is 14.8 Å². The molecule has 1 aromatic carbocycles. The van der Waals surface area contributed by atoms with E-state index in [1.165, 1.54) is 16.8 Å². The molecule has 0 bridgehead atoms. The first kappa shape index (κ1) is 15.4. The van der Waals surface area contributed by atoms with Crippen LogP contribution in [0.2, 0.25) is 5.02 Å². The Morgan fingerprint density at radius 3 is 2.83 bits per heavy atom. The Labute approximate surface area is 146 Å². The van der Waals surface area contributed by atoms with Crippen LogP contribution < -0.4 is 5.32 Å². The number of aromatic nitrogens is 3. The fraction of sp³-hybridized carbons (Fsp3) is 0.263. The van der Waals surface area contributed by atoms with Crippen molar-refractivity contribution in [3.8, 4) is 5.82 Å². The largest absolute Gasteiger partial charge is 0.306 e. The lowest BCUT2D eigenvalue weighted by molar-refractivity contribution is 0.454. The molecule has 0 saturated heterocycles. The van der Waals surface area contributed by atoms with E-state index in [0.717, 1.165) is 36.6 Å². The molecule has 2 heterocycles. The van der Waals surface area contributed by atoms with Crippen molar-refractivity contribution < 1.29 is 0 Å². The number of nitrogens with one attached hydrogen (secondary N) is 1. The summed E-state index contributed by atoms with van der Waals surface area (Å²) in [5.41, 5.74) is 3.80. The van der Waals surface area contributed by atoms with Crippen LogP contribution in [0, 0.1) is 0 Å². The smallest absolute Gasteiger partial charge is 0.153 e. The first-order chi connectivity index (χ1) is 11.8. The topological polar surface area (TPSA) is 42.7 Å². The van der Waals surface area contributed by atoms with Gasteiger partial charge in [-0.1, -0.05) is 29.8 Å². The van der Waals surface area contributed by atoms with Gasteiger partial charge in [-0.3, -0.25) is 0 Å². The minimum atomic E-state index is 0.335. The molecule has 0 saturated carbocycles. The van der Waals surface area contributed by atoms with E-state index in [9.17, 15) is 0 Å². The molecule has 0 radical (unpaired) electrons. The van der Waals surface area contributed by atoms with Gasteiger partial charge in [0.25, 0.3) is 0 Å². The van der Waals surface area contributed by atoms with Crippen molar-refractivity contribution in [3.05, 3.63) is 76.7 Å². The average molecular weight is 339 g/mol. The zero-order valence-corrected chi connectivity index (χ0v) is 14.1. The number of fused-ring (bicyclic) bond motifs is 1. The summed E-state index contributed by atoms with van der Waals surface area (Å²) in [5.74, 6) is 0.886. The first-order valence-electron chi connectivity index (χ1n) is 8.27. The van der Waals surface area contributed by atoms with Gasteiger partial charge >= 0.3 is 0 Å². The minimum absolute atomic E-state index is 0.335. The summed E-state index contributed by atoms with van der Waals surface area (Å²) in [7, 11) is 0. The lowest BCUT2D eigenvalue weighted by Crippen LogP contribution is -2.25. The fourth-order valence-electron chi connectivity index (χ4n) is 3.29. The van der Waals surface area contributed by atoms with Gasteiger partial charge in [0, 0.05) is 29.4 Å². The molecular weight excluding hydrogens is 320 g/mol. The predicted octanol–water partition coefficient (Wildman–Crippen LogP) is 4.09. The van der Waals surface area contributed by atoms with Gasteiger partial charge in [0.1, 0.15) is 0 Å². The van der Waals surface area contributed by atoms with Gasteiger partial charge in [-0.05, 0) is 49.1 Å². The van der Waals surface area contributed by atoms with Crippen LogP contribution >= 0.6 is 11.6 Å². The highest BCUT2D eigenvalue weighted by Gasteiger charge is 2.24. The van der Waals surface area contributed by atoms with Crippen molar-refractivity contribution in [2.75, 3.05) is 0 Å². The number of rotatable bonds is 4. The van der Waals surface area contributed by atoms with Crippen LogP contribution in [-0.2, 0) is 13.0 Å². The lowest BCUT2D eigenvalue weighted by atomic mass is 9.93. The maximum absolute atomic E-state index is 5.95. The third kappa shape index (κ3) is 3.07. The Kier molecular flexibility index (Phi) is 4.32. The summed E-state index contributed by atoms with van der Waals surface area (Å²) < 4.78 is 1.98. The summed E-state index contributed by atoms with van der Waals surface area (Å²) >= 11 is 5.95. The van der Waals surface area contributed by atoms with Crippen molar-refractivity contribution in [3.63, 3.8) is 0 Å². The standard InChI is InChI=1S/C19H19ClN4/c20-15-9-7-14(8-10-15)12-22-17-4-3-5-18-16(17)13-23-24(18)19-6-1-2-11-21-19/h1-2,6-11,13,17,22H,3-5,12H2/t17-/m1/s1. The average Bonchev–Trinajstić information content (AvgIpc) is 3.07. The molecule has 0 amide bonds. The van der Waals surface area contributed by atoms with Gasteiger partial charge in [0.2, 0.25) is 0 Å². The second-order valence-electron chi connectivity index (χ2n) is 6.10. The second-order valence-corrected chi connectivity index (χ2v) is 6.53. The summed E-state index contributed by atoms with van der Waals surface area (Å²) in [5, 5.41) is 9.02. The van der Waals surface area contributed by atoms with Crippen LogP contribution in [0.25, 0.3) is 5.82 Å². The third-order valence-corrected chi connectivity index (χ3v) is 4.77. The van der Waals surface area contributed by atoms with Crippen LogP contribution in [0.4, 0.5) is 0 Å². The number of nitrogens with zero attached hydrogens (tertiary/aromatic N) is 3. The second kappa shape index (κ2) is 6.75. The van der Waals surface area contributed by atoms with Crippen molar-refractivity contribution in [2.45, 2.75) is 31.8 Å². The number of benzene rings is 1. The van der Waals surface area contributed by atoms with E-state index < -0.39 is 0 Å². The van der Waals surface area contributed by atoms with E-state index in [1.807, 2.05) is 47.4 Å². The highest BCUT2D eigenvalue weighted by molar-refractivity contribution is 6.30. The Morgan fingerprint density at radius 1 is 1.17 bits per heavy atom. The fourth-order valence-corrected chi connectivity index (χ4v) is 3.41. The summed E-state index contributed by atoms with van der Waals surface area (Å²) in [4.78, 5) is 4.42. The Balaban J connectivity index is 1.54. The zero-order valence-electron chi connectivity index (χ0n) is 13.3. The Hall–Kier alpha value is -2.17. The molecule has 0 unspecified atom stereocenters. The van der Waals surface area contributed by atoms with E-state index in [0.29, 0.717) is 6.04 Å². The maximum Gasteiger partial charge on any atom is 0.153 e. The van der Waals surface area contributed by atoms with E-state index in [-0.39, 0.29) is 0 Å². The molecule has 122 valence electrons. The van der Waals surface area contributed by atoms with Crippen LogP contribution in [0.1, 0.15) is 35.7 Å². The van der Waals surface area contributed by atoms with Crippen LogP contribution in [0.15, 0.2) is 54.9 Å². The highest BCUT2D eigenvalue weighted by Crippen LogP contribution is 2.31. The third-order valence-electron chi connectivity index (χ3n) is 4.52. The molecule has 1 aliphatic rings. The SMILES string of the molecule is Clc1ccc(CN[C@@H]2CCCc3c2cnn3-c2ccccn2)cc1.